The van der Waals surface area contributed by atoms with Crippen LogP contribution in [0.4, 0.5) is 8.78 Å². The molecule has 0 nitrogen and oxygen atoms in total. The minimum atomic E-state index is -0.743. The molecule has 1 aromatic carbocycles. The average Bonchev–Trinajstić information content (AvgIpc) is 2.57. The van der Waals surface area contributed by atoms with Crippen LogP contribution in [0.15, 0.2) is 30.4 Å². The van der Waals surface area contributed by atoms with E-state index in [2.05, 4.69) is 19.1 Å². The zero-order chi connectivity index (χ0) is 16.2. The molecule has 2 fully saturated rings. The molecule has 2 heteroatoms. The van der Waals surface area contributed by atoms with Gasteiger partial charge in [0.25, 0.3) is 0 Å². The third-order valence-corrected chi connectivity index (χ3v) is 5.90. The van der Waals surface area contributed by atoms with Crippen LogP contribution in [0.25, 0.3) is 0 Å². The topological polar surface area (TPSA) is 0 Å². The summed E-state index contributed by atoms with van der Waals surface area (Å²) in [7, 11) is 0. The van der Waals surface area contributed by atoms with Gasteiger partial charge in [0.05, 0.1) is 0 Å². The number of rotatable bonds is 3. The van der Waals surface area contributed by atoms with Gasteiger partial charge in [0.1, 0.15) is 0 Å². The number of allylic oxidation sites excluding steroid dienone is 2. The van der Waals surface area contributed by atoms with E-state index in [9.17, 15) is 8.78 Å². The maximum Gasteiger partial charge on any atom is 0.159 e. The monoisotopic (exact) mass is 318 g/mol. The normalized spacial score (nSPS) is 32.3. The van der Waals surface area contributed by atoms with E-state index < -0.39 is 11.6 Å². The van der Waals surface area contributed by atoms with Gasteiger partial charge in [0.15, 0.2) is 11.6 Å². The van der Waals surface area contributed by atoms with E-state index in [0.29, 0.717) is 11.8 Å². The smallest absolute Gasteiger partial charge is 0.159 e. The Bertz CT molecular complexity index is 533. The lowest BCUT2D eigenvalue weighted by molar-refractivity contribution is 0.326. The van der Waals surface area contributed by atoms with Crippen LogP contribution in [-0.2, 0) is 0 Å². The molecule has 1 aromatic rings. The zero-order valence-corrected chi connectivity index (χ0v) is 14.1. The fourth-order valence-corrected chi connectivity index (χ4v) is 4.20. The van der Waals surface area contributed by atoms with Gasteiger partial charge >= 0.3 is 0 Å². The van der Waals surface area contributed by atoms with Crippen molar-refractivity contribution >= 4 is 0 Å². The van der Waals surface area contributed by atoms with Crippen LogP contribution in [0, 0.1) is 29.4 Å². The molecule has 0 aromatic heterocycles. The van der Waals surface area contributed by atoms with Gasteiger partial charge in [-0.2, -0.15) is 0 Å². The van der Waals surface area contributed by atoms with E-state index in [1.54, 1.807) is 6.07 Å². The molecule has 0 N–H and O–H groups in total. The van der Waals surface area contributed by atoms with Crippen LogP contribution in [0.3, 0.4) is 0 Å². The summed E-state index contributed by atoms with van der Waals surface area (Å²) in [5.74, 6) is 1.31. The van der Waals surface area contributed by atoms with Gasteiger partial charge in [0, 0.05) is 0 Å². The van der Waals surface area contributed by atoms with E-state index >= 15 is 0 Å². The highest BCUT2D eigenvalue weighted by atomic mass is 19.2. The number of hydrogen-bond donors (Lipinski definition) is 0. The quantitative estimate of drug-likeness (QED) is 0.549. The first-order valence-corrected chi connectivity index (χ1v) is 9.25. The average molecular weight is 318 g/mol. The fourth-order valence-electron chi connectivity index (χ4n) is 4.20. The van der Waals surface area contributed by atoms with Crippen molar-refractivity contribution in [1.29, 1.82) is 0 Å². The Morgan fingerprint density at radius 2 is 1.35 bits per heavy atom. The molecule has 2 aliphatic rings. The molecule has 0 atom stereocenters. The van der Waals surface area contributed by atoms with Crippen LogP contribution in [0.2, 0.25) is 0 Å². The van der Waals surface area contributed by atoms with Crippen molar-refractivity contribution in [3.05, 3.63) is 47.5 Å². The molecule has 2 saturated carbocycles. The molecule has 126 valence electrons. The van der Waals surface area contributed by atoms with Gasteiger partial charge in [-0.25, -0.2) is 8.78 Å². The van der Waals surface area contributed by atoms with Crippen molar-refractivity contribution in [3.8, 4) is 0 Å². The maximum atomic E-state index is 13.4. The summed E-state index contributed by atoms with van der Waals surface area (Å²) in [6.07, 6.45) is 14.9. The second-order valence-electron chi connectivity index (χ2n) is 7.69. The van der Waals surface area contributed by atoms with Crippen molar-refractivity contribution < 1.29 is 8.78 Å². The van der Waals surface area contributed by atoms with Crippen molar-refractivity contribution in [2.45, 2.75) is 64.2 Å². The Morgan fingerprint density at radius 3 is 1.91 bits per heavy atom. The van der Waals surface area contributed by atoms with Gasteiger partial charge in [-0.15, -0.1) is 0 Å². The molecule has 0 heterocycles. The van der Waals surface area contributed by atoms with E-state index in [-0.39, 0.29) is 0 Å². The molecule has 0 spiro atoms. The molecule has 2 aliphatic carbocycles. The third kappa shape index (κ3) is 4.43. The minimum Gasteiger partial charge on any atom is -0.204 e. The summed E-state index contributed by atoms with van der Waals surface area (Å²) in [5.41, 5.74) is 0.965. The molecular weight excluding hydrogens is 290 g/mol. The third-order valence-electron chi connectivity index (χ3n) is 5.90. The summed E-state index contributed by atoms with van der Waals surface area (Å²) in [4.78, 5) is 0. The molecule has 0 unspecified atom stereocenters. The van der Waals surface area contributed by atoms with Crippen molar-refractivity contribution in [2.75, 3.05) is 0 Å². The van der Waals surface area contributed by atoms with Gasteiger partial charge in [-0.3, -0.25) is 0 Å². The first-order chi connectivity index (χ1) is 11.1. The van der Waals surface area contributed by atoms with Crippen LogP contribution in [0.5, 0.6) is 0 Å². The van der Waals surface area contributed by atoms with Crippen LogP contribution >= 0.6 is 0 Å². The van der Waals surface area contributed by atoms with Crippen LogP contribution < -0.4 is 0 Å². The van der Waals surface area contributed by atoms with Crippen molar-refractivity contribution in [2.24, 2.45) is 17.8 Å². The largest absolute Gasteiger partial charge is 0.204 e. The minimum absolute atomic E-state index is 0.394. The highest BCUT2D eigenvalue weighted by Crippen LogP contribution is 2.37. The Balaban J connectivity index is 1.49. The summed E-state index contributed by atoms with van der Waals surface area (Å²) < 4.78 is 26.4. The van der Waals surface area contributed by atoms with Crippen molar-refractivity contribution in [1.82, 2.24) is 0 Å². The molecule has 23 heavy (non-hydrogen) atoms. The zero-order valence-electron chi connectivity index (χ0n) is 14.1. The molecule has 0 amide bonds. The lowest BCUT2D eigenvalue weighted by Gasteiger charge is -2.28. The first-order valence-electron chi connectivity index (χ1n) is 9.25. The lowest BCUT2D eigenvalue weighted by Crippen LogP contribution is -2.13. The van der Waals surface area contributed by atoms with Gasteiger partial charge < -0.3 is 0 Å². The predicted molar refractivity (Wildman–Crippen MR) is 91.3 cm³/mol. The standard InChI is InChI=1S/C21H28F2/c1-15-2-4-16(5-3-15)6-7-17-8-10-18(11-9-17)19-12-13-20(22)21(23)14-19/h6-7,12-18H,2-5,8-11H2,1H3/b7-6-. The Kier molecular flexibility index (Phi) is 5.50. The van der Waals surface area contributed by atoms with Gasteiger partial charge in [0.2, 0.25) is 0 Å². The first kappa shape index (κ1) is 16.7. The Hall–Kier alpha value is -1.18. The summed E-state index contributed by atoms with van der Waals surface area (Å²) in [6, 6.07) is 4.41. The SMILES string of the molecule is CC1CCC(/C=C\C2CCC(c3ccc(F)c(F)c3)CC2)CC1. The summed E-state index contributed by atoms with van der Waals surface area (Å²) >= 11 is 0. The maximum absolute atomic E-state index is 13.4. The van der Waals surface area contributed by atoms with E-state index in [1.807, 2.05) is 0 Å². The molecule has 0 aliphatic heterocycles. The summed E-state index contributed by atoms with van der Waals surface area (Å²) in [6.45, 7) is 2.36. The second-order valence-corrected chi connectivity index (χ2v) is 7.69. The number of halogens is 2. The van der Waals surface area contributed by atoms with E-state index in [1.165, 1.54) is 50.7 Å². The lowest BCUT2D eigenvalue weighted by atomic mass is 9.77. The molecular formula is C21H28F2. The van der Waals surface area contributed by atoms with E-state index in [0.717, 1.165) is 30.2 Å². The highest BCUT2D eigenvalue weighted by molar-refractivity contribution is 5.22. The number of hydrogen-bond acceptors (Lipinski definition) is 0. The Morgan fingerprint density at radius 1 is 0.783 bits per heavy atom. The fraction of sp³-hybridized carbons (Fsp3) is 0.619. The van der Waals surface area contributed by atoms with Crippen LogP contribution in [-0.4, -0.2) is 0 Å². The van der Waals surface area contributed by atoms with E-state index in [4.69, 9.17) is 0 Å². The molecule has 0 bridgehead atoms. The van der Waals surface area contributed by atoms with Gasteiger partial charge in [-0.1, -0.05) is 38.0 Å². The van der Waals surface area contributed by atoms with Crippen molar-refractivity contribution in [3.63, 3.8) is 0 Å². The summed E-state index contributed by atoms with van der Waals surface area (Å²) in [5, 5.41) is 0. The molecule has 0 radical (unpaired) electrons. The second kappa shape index (κ2) is 7.59. The Labute approximate surface area is 139 Å². The molecule has 3 rings (SSSR count). The molecule has 0 saturated heterocycles. The van der Waals surface area contributed by atoms with Gasteiger partial charge in [-0.05, 0) is 79.9 Å². The number of benzene rings is 1. The highest BCUT2D eigenvalue weighted by Gasteiger charge is 2.22. The van der Waals surface area contributed by atoms with Crippen LogP contribution in [0.1, 0.15) is 69.8 Å². The predicted octanol–water partition coefficient (Wildman–Crippen LogP) is 6.62.